The number of piperidine rings is 1. The van der Waals surface area contributed by atoms with E-state index < -0.39 is 11.6 Å². The highest BCUT2D eigenvalue weighted by atomic mass is 19.1. The van der Waals surface area contributed by atoms with Gasteiger partial charge in [-0.25, -0.2) is 9.37 Å². The molecule has 1 aliphatic heterocycles. The van der Waals surface area contributed by atoms with E-state index >= 15 is 0 Å². The molecule has 1 aromatic heterocycles. The topological polar surface area (TPSA) is 76.5 Å². The molecule has 0 saturated carbocycles. The summed E-state index contributed by atoms with van der Waals surface area (Å²) >= 11 is 0. The first-order valence-electron chi connectivity index (χ1n) is 7.25. The summed E-state index contributed by atoms with van der Waals surface area (Å²) < 4.78 is 21.3. The highest BCUT2D eigenvalue weighted by Gasteiger charge is 2.43. The average Bonchev–Trinajstić information content (AvgIpc) is 3.00. The molecule has 0 radical (unpaired) electrons. The van der Waals surface area contributed by atoms with Gasteiger partial charge in [0.25, 0.3) is 5.91 Å². The maximum atomic E-state index is 14.8. The van der Waals surface area contributed by atoms with E-state index in [9.17, 15) is 14.0 Å². The summed E-state index contributed by atoms with van der Waals surface area (Å²) in [6.07, 6.45) is 5.36. The molecule has 1 unspecified atom stereocenters. The minimum Gasteiger partial charge on any atom is -0.383 e. The van der Waals surface area contributed by atoms with Crippen molar-refractivity contribution in [1.82, 2.24) is 19.8 Å². The van der Waals surface area contributed by atoms with Crippen molar-refractivity contribution in [3.05, 3.63) is 18.7 Å². The number of amides is 2. The summed E-state index contributed by atoms with van der Waals surface area (Å²) in [4.78, 5) is 29.4. The Hall–Kier alpha value is -1.96. The van der Waals surface area contributed by atoms with Crippen molar-refractivity contribution in [3.8, 4) is 0 Å². The lowest BCUT2D eigenvalue weighted by Gasteiger charge is -2.36. The smallest absolute Gasteiger partial charge is 0.259 e. The van der Waals surface area contributed by atoms with Crippen molar-refractivity contribution in [3.63, 3.8) is 0 Å². The van der Waals surface area contributed by atoms with Gasteiger partial charge in [0.2, 0.25) is 11.6 Å². The molecule has 0 aliphatic carbocycles. The van der Waals surface area contributed by atoms with E-state index in [0.717, 1.165) is 0 Å². The lowest BCUT2D eigenvalue weighted by molar-refractivity contribution is -0.143. The molecule has 1 fully saturated rings. The minimum absolute atomic E-state index is 0.0986. The van der Waals surface area contributed by atoms with Gasteiger partial charge in [-0.2, -0.15) is 0 Å². The van der Waals surface area contributed by atoms with Crippen LogP contribution < -0.4 is 5.32 Å². The maximum Gasteiger partial charge on any atom is 0.259 e. The molecule has 2 amide bonds. The molecule has 1 atom stereocenters. The van der Waals surface area contributed by atoms with Gasteiger partial charge in [-0.05, 0) is 12.8 Å². The lowest BCUT2D eigenvalue weighted by atomic mass is 9.93. The Morgan fingerprint density at radius 1 is 1.50 bits per heavy atom. The van der Waals surface area contributed by atoms with E-state index in [1.54, 1.807) is 17.0 Å². The molecule has 1 aliphatic rings. The Labute approximate surface area is 128 Å². The van der Waals surface area contributed by atoms with Crippen LogP contribution in [0.4, 0.5) is 4.39 Å². The molecule has 22 heavy (non-hydrogen) atoms. The third kappa shape index (κ3) is 4.03. The molecule has 8 heteroatoms. The SMILES string of the molecule is COCCNC(=O)C1(F)CCCN(C(=O)Cn2ccnc2)C1. The maximum absolute atomic E-state index is 14.8. The van der Waals surface area contributed by atoms with E-state index in [2.05, 4.69) is 10.3 Å². The number of aromatic nitrogens is 2. The molecule has 2 rings (SSSR count). The first-order valence-corrected chi connectivity index (χ1v) is 7.25. The van der Waals surface area contributed by atoms with Crippen LogP contribution in [0.3, 0.4) is 0 Å². The molecular weight excluding hydrogens is 291 g/mol. The number of halogens is 1. The van der Waals surface area contributed by atoms with Crippen LogP contribution in [0.2, 0.25) is 0 Å². The second-order valence-corrected chi connectivity index (χ2v) is 5.37. The van der Waals surface area contributed by atoms with Crippen molar-refractivity contribution < 1.29 is 18.7 Å². The fraction of sp³-hybridized carbons (Fsp3) is 0.643. The van der Waals surface area contributed by atoms with Crippen LogP contribution in [0, 0.1) is 0 Å². The highest BCUT2D eigenvalue weighted by Crippen LogP contribution is 2.26. The predicted molar refractivity (Wildman–Crippen MR) is 76.8 cm³/mol. The second kappa shape index (κ2) is 7.35. The molecule has 122 valence electrons. The van der Waals surface area contributed by atoms with Crippen LogP contribution in [0.5, 0.6) is 0 Å². The molecular formula is C14H21FN4O3. The molecule has 0 bridgehead atoms. The quantitative estimate of drug-likeness (QED) is 0.749. The molecule has 0 aromatic carbocycles. The van der Waals surface area contributed by atoms with Gasteiger partial charge in [0.1, 0.15) is 6.54 Å². The third-order valence-corrected chi connectivity index (χ3v) is 3.67. The van der Waals surface area contributed by atoms with Crippen LogP contribution in [-0.4, -0.2) is 65.3 Å². The number of rotatable bonds is 6. The zero-order chi connectivity index (χ0) is 16.0. The van der Waals surface area contributed by atoms with Crippen molar-refractivity contribution in [1.29, 1.82) is 0 Å². The van der Waals surface area contributed by atoms with Crippen LogP contribution >= 0.6 is 0 Å². The zero-order valence-corrected chi connectivity index (χ0v) is 12.6. The number of likely N-dealkylation sites (tertiary alicyclic amines) is 1. The van der Waals surface area contributed by atoms with Gasteiger partial charge < -0.3 is 19.5 Å². The number of hydrogen-bond acceptors (Lipinski definition) is 4. The van der Waals surface area contributed by atoms with E-state index in [1.807, 2.05) is 0 Å². The normalized spacial score (nSPS) is 21.6. The van der Waals surface area contributed by atoms with Crippen molar-refractivity contribution >= 4 is 11.8 Å². The Kier molecular flexibility index (Phi) is 5.48. The summed E-state index contributed by atoms with van der Waals surface area (Å²) in [5.41, 5.74) is -2.03. The predicted octanol–water partition coefficient (Wildman–Crippen LogP) is -0.0236. The summed E-state index contributed by atoms with van der Waals surface area (Å²) in [6.45, 7) is 0.931. The Morgan fingerprint density at radius 2 is 2.32 bits per heavy atom. The zero-order valence-electron chi connectivity index (χ0n) is 12.6. The third-order valence-electron chi connectivity index (χ3n) is 3.67. The summed E-state index contributed by atoms with van der Waals surface area (Å²) in [7, 11) is 1.51. The standard InChI is InChI=1S/C14H21FN4O3/c1-22-8-5-17-13(21)14(15)3-2-6-19(10-14)12(20)9-18-7-4-16-11-18/h4,7,11H,2-3,5-6,8-10H2,1H3,(H,17,21). The molecule has 1 saturated heterocycles. The van der Waals surface area contributed by atoms with Gasteiger partial charge in [0.15, 0.2) is 0 Å². The molecule has 2 heterocycles. The van der Waals surface area contributed by atoms with Crippen molar-refractivity contribution in [2.75, 3.05) is 33.4 Å². The van der Waals surface area contributed by atoms with Gasteiger partial charge in [-0.15, -0.1) is 0 Å². The average molecular weight is 312 g/mol. The van der Waals surface area contributed by atoms with Crippen LogP contribution in [-0.2, 0) is 20.9 Å². The molecule has 1 aromatic rings. The Morgan fingerprint density at radius 3 is 3.00 bits per heavy atom. The van der Waals surface area contributed by atoms with Gasteiger partial charge in [-0.1, -0.05) is 0 Å². The largest absolute Gasteiger partial charge is 0.383 e. The molecule has 1 N–H and O–H groups in total. The van der Waals surface area contributed by atoms with Crippen molar-refractivity contribution in [2.24, 2.45) is 0 Å². The number of carbonyl (C=O) groups is 2. The van der Waals surface area contributed by atoms with Crippen molar-refractivity contribution in [2.45, 2.75) is 25.1 Å². The first-order chi connectivity index (χ1) is 10.5. The fourth-order valence-electron chi connectivity index (χ4n) is 2.47. The lowest BCUT2D eigenvalue weighted by Crippen LogP contribution is -2.56. The number of nitrogens with zero attached hydrogens (tertiary/aromatic N) is 3. The Balaban J connectivity index is 1.92. The number of methoxy groups -OCH3 is 1. The number of carbonyl (C=O) groups excluding carboxylic acids is 2. The number of nitrogens with one attached hydrogen (secondary N) is 1. The monoisotopic (exact) mass is 312 g/mol. The van der Waals surface area contributed by atoms with Gasteiger partial charge >= 0.3 is 0 Å². The van der Waals surface area contributed by atoms with Gasteiger partial charge in [0, 0.05) is 32.6 Å². The summed E-state index contributed by atoms with van der Waals surface area (Å²) in [6, 6.07) is 0. The van der Waals surface area contributed by atoms with Crippen LogP contribution in [0.1, 0.15) is 12.8 Å². The first kappa shape index (κ1) is 16.4. The summed E-state index contributed by atoms with van der Waals surface area (Å²) in [5.74, 6) is -0.894. The number of hydrogen-bond donors (Lipinski definition) is 1. The van der Waals surface area contributed by atoms with Gasteiger partial charge in [-0.3, -0.25) is 9.59 Å². The summed E-state index contributed by atoms with van der Waals surface area (Å²) in [5, 5.41) is 2.51. The van der Waals surface area contributed by atoms with E-state index in [0.29, 0.717) is 19.6 Å². The number of ether oxygens (including phenoxy) is 1. The number of alkyl halides is 1. The molecule has 0 spiro atoms. The van der Waals surface area contributed by atoms with E-state index in [4.69, 9.17) is 4.74 Å². The van der Waals surface area contributed by atoms with Gasteiger partial charge in [0.05, 0.1) is 19.5 Å². The van der Waals surface area contributed by atoms with E-state index in [1.165, 1.54) is 18.3 Å². The Bertz CT molecular complexity index is 508. The van der Waals surface area contributed by atoms with Crippen LogP contribution in [0.15, 0.2) is 18.7 Å². The van der Waals surface area contributed by atoms with Crippen LogP contribution in [0.25, 0.3) is 0 Å². The molecule has 7 nitrogen and oxygen atoms in total. The minimum atomic E-state index is -2.03. The fourth-order valence-corrected chi connectivity index (χ4v) is 2.47. The second-order valence-electron chi connectivity index (χ2n) is 5.37. The highest BCUT2D eigenvalue weighted by molar-refractivity contribution is 5.86. The van der Waals surface area contributed by atoms with E-state index in [-0.39, 0.29) is 32.0 Å². The number of imidazole rings is 1.